The number of aromatic carboxylic acids is 1. The van der Waals surface area contributed by atoms with Gasteiger partial charge in [0.1, 0.15) is 5.69 Å². The summed E-state index contributed by atoms with van der Waals surface area (Å²) < 4.78 is 39.7. The summed E-state index contributed by atoms with van der Waals surface area (Å²) in [4.78, 5) is 12.7. The molecule has 0 aliphatic carbocycles. The molecule has 0 aliphatic rings. The molecule has 1 rings (SSSR count). The third-order valence-electron chi connectivity index (χ3n) is 1.56. The van der Waals surface area contributed by atoms with Crippen molar-refractivity contribution in [1.29, 1.82) is 0 Å². The highest BCUT2D eigenvalue weighted by Gasteiger charge is 2.29. The molecule has 1 aromatic heterocycles. The first-order valence-electron chi connectivity index (χ1n) is 4.03. The molecular formula is C8H8F3N2O3+. The molecule has 0 unspecified atom stereocenters. The van der Waals surface area contributed by atoms with Gasteiger partial charge < -0.3 is 15.6 Å². The molecule has 0 saturated carbocycles. The quantitative estimate of drug-likeness (QED) is 0.810. The molecule has 5 nitrogen and oxygen atoms in total. The van der Waals surface area contributed by atoms with Crippen molar-refractivity contribution in [3.05, 3.63) is 18.0 Å². The summed E-state index contributed by atoms with van der Waals surface area (Å²) >= 11 is 0. The van der Waals surface area contributed by atoms with Crippen molar-refractivity contribution in [2.75, 3.05) is 12.3 Å². The highest BCUT2D eigenvalue weighted by molar-refractivity contribution is 5.89. The zero-order valence-corrected chi connectivity index (χ0v) is 7.84. The van der Waals surface area contributed by atoms with Gasteiger partial charge in [0, 0.05) is 6.07 Å². The number of halogens is 3. The van der Waals surface area contributed by atoms with Crippen LogP contribution < -0.4 is 15.5 Å². The molecule has 0 saturated heterocycles. The molecular weight excluding hydrogens is 229 g/mol. The maximum Gasteiger partial charge on any atom is 0.422 e. The second-order valence-electron chi connectivity index (χ2n) is 2.87. The van der Waals surface area contributed by atoms with Gasteiger partial charge in [-0.3, -0.25) is 0 Å². The van der Waals surface area contributed by atoms with Crippen molar-refractivity contribution < 1.29 is 32.8 Å². The van der Waals surface area contributed by atoms with Gasteiger partial charge in [-0.1, -0.05) is 0 Å². The monoisotopic (exact) mass is 237 g/mol. The molecule has 88 valence electrons. The van der Waals surface area contributed by atoms with Crippen LogP contribution in [0.15, 0.2) is 12.3 Å². The van der Waals surface area contributed by atoms with Gasteiger partial charge in [0.2, 0.25) is 6.20 Å². The molecule has 0 atom stereocenters. The Kier molecular flexibility index (Phi) is 3.21. The van der Waals surface area contributed by atoms with Crippen LogP contribution in [0.5, 0.6) is 5.75 Å². The minimum Gasteiger partial charge on any atom is -0.478 e. The summed E-state index contributed by atoms with van der Waals surface area (Å²) in [7, 11) is 0. The number of hydrogen-bond donors (Lipinski definition) is 2. The van der Waals surface area contributed by atoms with Gasteiger partial charge >= 0.3 is 17.8 Å². The maximum atomic E-state index is 11.8. The fourth-order valence-corrected chi connectivity index (χ4v) is 0.927. The number of nitrogen functional groups attached to an aromatic ring is 1. The van der Waals surface area contributed by atoms with E-state index in [9.17, 15) is 18.0 Å². The Bertz CT molecular complexity index is 406. The molecule has 4 N–H and O–H groups in total. The lowest BCUT2D eigenvalue weighted by molar-refractivity contribution is -0.383. The van der Waals surface area contributed by atoms with Gasteiger partial charge in [0.15, 0.2) is 12.4 Å². The van der Waals surface area contributed by atoms with E-state index in [0.29, 0.717) is 0 Å². The number of H-pyrrole nitrogens is 1. The van der Waals surface area contributed by atoms with E-state index >= 15 is 0 Å². The number of carboxylic acids is 1. The van der Waals surface area contributed by atoms with Gasteiger partial charge in [-0.2, -0.15) is 13.2 Å². The average molecular weight is 237 g/mol. The van der Waals surface area contributed by atoms with Crippen LogP contribution in [0.3, 0.4) is 0 Å². The van der Waals surface area contributed by atoms with Crippen LogP contribution in [0.1, 0.15) is 10.5 Å². The fraction of sp³-hybridized carbons (Fsp3) is 0.250. The predicted octanol–water partition coefficient (Wildman–Crippen LogP) is 0.722. The number of nitrogens with one attached hydrogen (secondary N) is 1. The van der Waals surface area contributed by atoms with Crippen molar-refractivity contribution in [3.63, 3.8) is 0 Å². The highest BCUT2D eigenvalue weighted by atomic mass is 19.4. The molecule has 0 bridgehead atoms. The van der Waals surface area contributed by atoms with Crippen LogP contribution >= 0.6 is 0 Å². The zero-order valence-electron chi connectivity index (χ0n) is 7.84. The minimum absolute atomic E-state index is 0.181. The third-order valence-corrected chi connectivity index (χ3v) is 1.56. The number of rotatable bonds is 3. The topological polar surface area (TPSA) is 86.7 Å². The molecule has 1 aromatic rings. The van der Waals surface area contributed by atoms with Crippen LogP contribution in [-0.4, -0.2) is 23.9 Å². The second-order valence-corrected chi connectivity index (χ2v) is 2.87. The number of hydrogen-bond acceptors (Lipinski definition) is 3. The van der Waals surface area contributed by atoms with E-state index in [-0.39, 0.29) is 17.1 Å². The van der Waals surface area contributed by atoms with Crippen LogP contribution in [0, 0.1) is 0 Å². The van der Waals surface area contributed by atoms with E-state index < -0.39 is 18.8 Å². The SMILES string of the molecule is Nc1cc(OCC(F)(F)F)c[nH+]c1C(=O)O. The molecule has 0 aliphatic heterocycles. The van der Waals surface area contributed by atoms with E-state index in [2.05, 4.69) is 9.72 Å². The van der Waals surface area contributed by atoms with Crippen LogP contribution in [0.2, 0.25) is 0 Å². The van der Waals surface area contributed by atoms with Gasteiger partial charge in [0.25, 0.3) is 0 Å². The zero-order chi connectivity index (χ0) is 12.3. The summed E-state index contributed by atoms with van der Waals surface area (Å²) in [5.74, 6) is -1.49. The van der Waals surface area contributed by atoms with Crippen molar-refractivity contribution in [2.24, 2.45) is 0 Å². The molecule has 0 spiro atoms. The normalized spacial score (nSPS) is 11.2. The van der Waals surface area contributed by atoms with E-state index in [1.165, 1.54) is 0 Å². The lowest BCUT2D eigenvalue weighted by atomic mass is 10.3. The van der Waals surface area contributed by atoms with Crippen LogP contribution in [-0.2, 0) is 0 Å². The number of alkyl halides is 3. The number of pyridine rings is 1. The minimum atomic E-state index is -4.46. The number of anilines is 1. The van der Waals surface area contributed by atoms with Crippen molar-refractivity contribution in [2.45, 2.75) is 6.18 Å². The largest absolute Gasteiger partial charge is 0.478 e. The van der Waals surface area contributed by atoms with Crippen LogP contribution in [0.25, 0.3) is 0 Å². The van der Waals surface area contributed by atoms with E-state index in [4.69, 9.17) is 10.8 Å². The fourth-order valence-electron chi connectivity index (χ4n) is 0.927. The summed E-state index contributed by atoms with van der Waals surface area (Å²) in [6.07, 6.45) is -3.47. The Morgan fingerprint density at radius 2 is 2.19 bits per heavy atom. The molecule has 0 aromatic carbocycles. The lowest BCUT2D eigenvalue weighted by Crippen LogP contribution is -2.22. The smallest absolute Gasteiger partial charge is 0.422 e. The summed E-state index contributed by atoms with van der Waals surface area (Å²) in [5.41, 5.74) is 4.78. The Morgan fingerprint density at radius 3 is 2.62 bits per heavy atom. The Morgan fingerprint density at radius 1 is 1.56 bits per heavy atom. The van der Waals surface area contributed by atoms with Gasteiger partial charge in [0.05, 0.1) is 0 Å². The highest BCUT2D eigenvalue weighted by Crippen LogP contribution is 2.19. The molecule has 16 heavy (non-hydrogen) atoms. The van der Waals surface area contributed by atoms with Crippen molar-refractivity contribution in [3.8, 4) is 5.75 Å². The number of aromatic nitrogens is 1. The lowest BCUT2D eigenvalue weighted by Gasteiger charge is -2.07. The van der Waals surface area contributed by atoms with Crippen molar-refractivity contribution >= 4 is 11.7 Å². The molecule has 0 radical (unpaired) electrons. The number of ether oxygens (including phenoxy) is 1. The molecule has 1 heterocycles. The first-order chi connectivity index (χ1) is 7.29. The van der Waals surface area contributed by atoms with Gasteiger partial charge in [-0.05, 0) is 0 Å². The third kappa shape index (κ3) is 3.30. The van der Waals surface area contributed by atoms with Gasteiger partial charge in [-0.15, -0.1) is 0 Å². The Labute approximate surface area is 87.7 Å². The van der Waals surface area contributed by atoms with E-state index in [1.54, 1.807) is 0 Å². The Balaban J connectivity index is 2.78. The Hall–Kier alpha value is -1.99. The van der Waals surface area contributed by atoms with Gasteiger partial charge in [-0.25, -0.2) is 9.78 Å². The van der Waals surface area contributed by atoms with Crippen LogP contribution in [0.4, 0.5) is 18.9 Å². The number of carboxylic acid groups (broad SMARTS) is 1. The summed E-state index contributed by atoms with van der Waals surface area (Å²) in [5, 5.41) is 8.58. The molecule has 0 amide bonds. The number of aromatic amines is 1. The predicted molar refractivity (Wildman–Crippen MR) is 45.9 cm³/mol. The molecule has 0 fully saturated rings. The first-order valence-corrected chi connectivity index (χ1v) is 4.03. The number of nitrogens with two attached hydrogens (primary N) is 1. The summed E-state index contributed by atoms with van der Waals surface area (Å²) in [6, 6.07) is 1.01. The maximum absolute atomic E-state index is 11.8. The summed E-state index contributed by atoms with van der Waals surface area (Å²) in [6.45, 7) is -1.47. The average Bonchev–Trinajstić information content (AvgIpc) is 2.13. The second kappa shape index (κ2) is 4.25. The standard InChI is InChI=1S/C8H7F3N2O3/c9-8(10,11)3-16-4-1-5(12)6(7(14)15)13-2-4/h1-2H,3,12H2,(H,14,15)/p+1. The first kappa shape index (κ1) is 12.1. The molecule has 8 heteroatoms. The number of carbonyl (C=O) groups is 1. The van der Waals surface area contributed by atoms with E-state index in [1.807, 2.05) is 0 Å². The van der Waals surface area contributed by atoms with Crippen molar-refractivity contribution in [1.82, 2.24) is 0 Å². The van der Waals surface area contributed by atoms with E-state index in [0.717, 1.165) is 12.3 Å².